The number of unbranched alkanes of at least 4 members (excludes halogenated alkanes) is 78. The van der Waals surface area contributed by atoms with E-state index in [9.17, 15) is 19.8 Å². The zero-order valence-corrected chi connectivity index (χ0v) is 95.8. The number of rotatable bonds is 110. The van der Waals surface area contributed by atoms with E-state index in [0.717, 1.165) is 88.2 Å². The van der Waals surface area contributed by atoms with Crippen molar-refractivity contribution in [2.75, 3.05) is 66.1 Å². The summed E-state index contributed by atoms with van der Waals surface area (Å²) in [4.78, 5) is 29.1. The molecule has 4 aromatic carbocycles. The molecule has 0 aromatic heterocycles. The molecule has 4 aromatic rings. The van der Waals surface area contributed by atoms with Crippen LogP contribution in [0.2, 0.25) is 0 Å². The van der Waals surface area contributed by atoms with E-state index in [4.69, 9.17) is 47.4 Å². The minimum Gasteiger partial charge on any atom is -0.490 e. The number of hydrogen-bond donors (Lipinski definition) is 2. The zero-order chi connectivity index (χ0) is 104. The molecule has 2 atom stereocenters. The summed E-state index contributed by atoms with van der Waals surface area (Å²) in [5, 5.41) is 21.7. The lowest BCUT2D eigenvalue weighted by molar-refractivity contribution is -0.00181. The quantitative estimate of drug-likeness (QED) is 0.0317. The number of hydrogen-bond acceptors (Lipinski definition) is 14. The van der Waals surface area contributed by atoms with E-state index in [1.165, 1.54) is 462 Å². The number of carbonyl (C=O) groups excluding carboxylic acids is 2. The van der Waals surface area contributed by atoms with Crippen LogP contribution in [0.4, 0.5) is 0 Å². The van der Waals surface area contributed by atoms with Crippen LogP contribution in [0.5, 0.6) is 46.0 Å². The Kier molecular flexibility index (Phi) is 87.4. The van der Waals surface area contributed by atoms with Crippen molar-refractivity contribution in [3.63, 3.8) is 0 Å². The highest BCUT2D eigenvalue weighted by Gasteiger charge is 2.28. The van der Waals surface area contributed by atoms with E-state index in [1.54, 1.807) is 24.3 Å². The monoisotopic (exact) mass is 2030 g/mol. The Morgan fingerprint density at radius 3 is 0.524 bits per heavy atom. The van der Waals surface area contributed by atoms with Gasteiger partial charge in [0, 0.05) is 5.41 Å². The maximum atomic E-state index is 14.6. The number of aliphatic hydroxyl groups excluding tert-OH is 2. The van der Waals surface area contributed by atoms with Crippen LogP contribution in [-0.2, 0) is 14.9 Å². The number of esters is 2. The van der Waals surface area contributed by atoms with Gasteiger partial charge >= 0.3 is 11.9 Å². The SMILES string of the molecule is CCCCCCCCCCCCCCCCOc1cc(C(=O)OC(CO)COc2ccc(C(C)(C)c3ccc(OCC(CO)OC(=O)c4cc(OCCCCCCCCCCCCCCCC)c(OCCCCCCCCCCCCCCCC)c(OCCCCCCCCCCCCCCCC)c4)cc3)cc2)cc(OCCCCCCCCCCCCCCCC)c1OCCCCCCCCCCCCCCCC. The summed E-state index contributed by atoms with van der Waals surface area (Å²) in [6.45, 7) is 20.1. The number of benzene rings is 4. The normalized spacial score (nSPS) is 12.0. The van der Waals surface area contributed by atoms with Crippen LogP contribution in [-0.4, -0.2) is 100 Å². The highest BCUT2D eigenvalue weighted by atomic mass is 16.6. The standard InChI is InChI=1S/C131H228O14/c1-9-15-21-27-33-39-45-51-57-63-69-75-81-87-101-136-123-107-115(108-124(137-102-88-82-76-70-64-58-52-46-40-34-28-22-16-10-2)127(123)140-105-91-85-79-73-67-61-55-49-43-37-31-25-19-13-5)129(134)144-121(111-132)113-142-119-97-93-117(94-98-119)131(7,8)118-95-99-120(100-96-118)143-114-122(112-133)145-130(135)116-109-125(138-103-89-83-77-71-65-59-53-47-41-35-29-23-17-11-3)128(141-106-92-86-80-74-68-62-56-50-44-38-32-26-20-14-6)126(110-116)139-104-90-84-78-72-66-60-54-48-42-36-30-24-18-12-4/h93-100,107-110,121-122,132-133H,9-92,101-106,111-114H2,1-8H3. The molecule has 14 heteroatoms. The molecule has 0 aliphatic rings. The molecule has 0 fully saturated rings. The molecule has 0 radical (unpaired) electrons. The van der Waals surface area contributed by atoms with Crippen LogP contribution in [0, 0.1) is 0 Å². The van der Waals surface area contributed by atoms with Gasteiger partial charge in [-0.15, -0.1) is 0 Å². The molecule has 0 heterocycles. The number of carbonyl (C=O) groups is 2. The van der Waals surface area contributed by atoms with Crippen molar-refractivity contribution in [2.45, 2.75) is 612 Å². The molecule has 0 saturated heterocycles. The largest absolute Gasteiger partial charge is 0.490 e. The van der Waals surface area contributed by atoms with Gasteiger partial charge < -0.3 is 57.6 Å². The molecule has 0 aliphatic heterocycles. The van der Waals surface area contributed by atoms with Crippen LogP contribution >= 0.6 is 0 Å². The third kappa shape index (κ3) is 70.8. The third-order valence-corrected chi connectivity index (χ3v) is 30.0. The first kappa shape index (κ1) is 131. The van der Waals surface area contributed by atoms with Crippen molar-refractivity contribution in [2.24, 2.45) is 0 Å². The summed E-state index contributed by atoms with van der Waals surface area (Å²) in [5.74, 6) is 3.00. The molecule has 0 spiro atoms. The van der Waals surface area contributed by atoms with Gasteiger partial charge in [0.2, 0.25) is 11.5 Å². The second-order valence-electron chi connectivity index (χ2n) is 44.0. The Labute approximate surface area is 893 Å². The lowest BCUT2D eigenvalue weighted by Gasteiger charge is -2.27. The fourth-order valence-corrected chi connectivity index (χ4v) is 20.1. The predicted molar refractivity (Wildman–Crippen MR) is 616 cm³/mol. The van der Waals surface area contributed by atoms with Gasteiger partial charge in [-0.3, -0.25) is 0 Å². The minimum atomic E-state index is -0.963. The van der Waals surface area contributed by atoms with Crippen molar-refractivity contribution in [3.8, 4) is 46.0 Å². The molecule has 2 unspecified atom stereocenters. The van der Waals surface area contributed by atoms with Gasteiger partial charge in [0.15, 0.2) is 35.2 Å². The van der Waals surface area contributed by atoms with Crippen LogP contribution in [0.3, 0.4) is 0 Å². The van der Waals surface area contributed by atoms with Crippen LogP contribution in [0.15, 0.2) is 72.8 Å². The molecular formula is C131H228O14. The maximum Gasteiger partial charge on any atom is 0.338 e. The first-order chi connectivity index (χ1) is 71.5. The van der Waals surface area contributed by atoms with Gasteiger partial charge in [0.05, 0.1) is 64.0 Å². The molecule has 0 saturated carbocycles. The van der Waals surface area contributed by atoms with Crippen molar-refractivity contribution >= 4 is 11.9 Å². The lowest BCUT2D eigenvalue weighted by atomic mass is 9.78. The van der Waals surface area contributed by atoms with Gasteiger partial charge in [-0.05, 0) is 98.2 Å². The highest BCUT2D eigenvalue weighted by molar-refractivity contribution is 5.92. The Balaban J connectivity index is 1.46. The van der Waals surface area contributed by atoms with E-state index in [0.29, 0.717) is 85.6 Å². The average molecular weight is 2030 g/mol. The number of aliphatic hydroxyl groups is 2. The van der Waals surface area contributed by atoms with E-state index >= 15 is 0 Å². The summed E-state index contributed by atoms with van der Waals surface area (Å²) in [7, 11) is 0. The Morgan fingerprint density at radius 1 is 0.214 bits per heavy atom. The van der Waals surface area contributed by atoms with Gasteiger partial charge in [-0.1, -0.05) is 580 Å². The first-order valence-electron chi connectivity index (χ1n) is 62.7. The third-order valence-electron chi connectivity index (χ3n) is 30.0. The maximum absolute atomic E-state index is 14.6. The van der Waals surface area contributed by atoms with Crippen molar-refractivity contribution in [1.29, 1.82) is 0 Å². The van der Waals surface area contributed by atoms with E-state index in [1.807, 2.05) is 48.5 Å². The summed E-state index contributed by atoms with van der Waals surface area (Å²) >= 11 is 0. The second kappa shape index (κ2) is 96.4. The van der Waals surface area contributed by atoms with Crippen molar-refractivity contribution in [1.82, 2.24) is 0 Å². The highest BCUT2D eigenvalue weighted by Crippen LogP contribution is 2.43. The van der Waals surface area contributed by atoms with Gasteiger partial charge in [-0.25, -0.2) is 9.59 Å². The molecule has 145 heavy (non-hydrogen) atoms. The molecule has 4 rings (SSSR count). The Morgan fingerprint density at radius 2 is 0.366 bits per heavy atom. The molecule has 0 amide bonds. The zero-order valence-electron chi connectivity index (χ0n) is 95.8. The van der Waals surface area contributed by atoms with E-state index in [-0.39, 0.29) is 24.3 Å². The van der Waals surface area contributed by atoms with E-state index < -0.39 is 42.8 Å². The van der Waals surface area contributed by atoms with Crippen LogP contribution < -0.4 is 37.9 Å². The summed E-state index contributed by atoms with van der Waals surface area (Å²) in [5.41, 5.74) is 2.19. The Bertz CT molecular complexity index is 3170. The van der Waals surface area contributed by atoms with Gasteiger partial charge in [-0.2, -0.15) is 0 Å². The predicted octanol–water partition coefficient (Wildman–Crippen LogP) is 40.4. The van der Waals surface area contributed by atoms with Gasteiger partial charge in [0.1, 0.15) is 24.7 Å². The molecule has 0 aliphatic carbocycles. The minimum absolute atomic E-state index is 0.0682. The van der Waals surface area contributed by atoms with E-state index in [2.05, 4.69) is 55.4 Å². The molecular weight excluding hydrogens is 1800 g/mol. The fourth-order valence-electron chi connectivity index (χ4n) is 20.1. The molecule has 0 bridgehead atoms. The molecule has 2 N–H and O–H groups in total. The average Bonchev–Trinajstić information content (AvgIpc) is 0.720. The van der Waals surface area contributed by atoms with Gasteiger partial charge in [0.25, 0.3) is 0 Å². The molecule has 14 nitrogen and oxygen atoms in total. The fraction of sp³-hybridized carbons (Fsp3) is 0.802. The summed E-state index contributed by atoms with van der Waals surface area (Å²) in [6, 6.07) is 22.8. The Hall–Kier alpha value is -5.86. The molecule has 836 valence electrons. The second-order valence-corrected chi connectivity index (χ2v) is 44.0. The lowest BCUT2D eigenvalue weighted by Crippen LogP contribution is -2.28. The summed E-state index contributed by atoms with van der Waals surface area (Å²) in [6.07, 6.45) is 105. The smallest absolute Gasteiger partial charge is 0.338 e. The van der Waals surface area contributed by atoms with Crippen molar-refractivity contribution < 1.29 is 67.2 Å². The van der Waals surface area contributed by atoms with Crippen LogP contribution in [0.25, 0.3) is 0 Å². The van der Waals surface area contributed by atoms with Crippen LogP contribution in [0.1, 0.15) is 627 Å². The first-order valence-corrected chi connectivity index (χ1v) is 62.7. The summed E-state index contributed by atoms with van der Waals surface area (Å²) < 4.78 is 65.1. The topological polar surface area (TPSA) is 167 Å². The van der Waals surface area contributed by atoms with Crippen molar-refractivity contribution in [3.05, 3.63) is 95.1 Å². The number of ether oxygens (including phenoxy) is 10.